The second kappa shape index (κ2) is 4.43. The van der Waals surface area contributed by atoms with Gasteiger partial charge in [0.1, 0.15) is 5.69 Å². The van der Waals surface area contributed by atoms with Gasteiger partial charge in [-0.1, -0.05) is 11.3 Å². The van der Waals surface area contributed by atoms with Crippen LogP contribution in [-0.2, 0) is 5.54 Å². The Morgan fingerprint density at radius 3 is 2.63 bits per heavy atom. The highest BCUT2D eigenvalue weighted by Gasteiger charge is 2.19. The van der Waals surface area contributed by atoms with Crippen LogP contribution in [0.1, 0.15) is 25.1 Å². The molecule has 0 fully saturated rings. The van der Waals surface area contributed by atoms with Gasteiger partial charge in [-0.15, -0.1) is 5.10 Å². The molecule has 2 aromatic rings. The molecule has 100 valence electrons. The normalized spacial score (nSPS) is 11.6. The van der Waals surface area contributed by atoms with Crippen LogP contribution in [-0.4, -0.2) is 19.9 Å². The molecular weight excluding hydrogens is 246 g/mol. The number of aryl methyl sites for hydroxylation is 1. The molecule has 0 spiro atoms. The van der Waals surface area contributed by atoms with E-state index < -0.39 is 10.5 Å². The van der Waals surface area contributed by atoms with Crippen LogP contribution in [0.5, 0.6) is 0 Å². The van der Waals surface area contributed by atoms with Crippen molar-refractivity contribution in [3.05, 3.63) is 45.8 Å². The van der Waals surface area contributed by atoms with E-state index in [-0.39, 0.29) is 5.69 Å². The third-order valence-electron chi connectivity index (χ3n) is 2.80. The SMILES string of the molecule is Cc1ccc([N+](=O)[O-])cc1-n1cc(C(C)(C)N)nn1. The number of hydrogen-bond donors (Lipinski definition) is 1. The number of nitro groups is 1. The summed E-state index contributed by atoms with van der Waals surface area (Å²) in [7, 11) is 0. The summed E-state index contributed by atoms with van der Waals surface area (Å²) in [4.78, 5) is 10.4. The molecule has 19 heavy (non-hydrogen) atoms. The molecule has 0 bridgehead atoms. The van der Waals surface area contributed by atoms with E-state index in [0.717, 1.165) is 5.56 Å². The van der Waals surface area contributed by atoms with Crippen LogP contribution in [0, 0.1) is 17.0 Å². The third kappa shape index (κ3) is 2.60. The Labute approximate surface area is 110 Å². The predicted molar refractivity (Wildman–Crippen MR) is 70.0 cm³/mol. The molecule has 0 saturated carbocycles. The molecule has 1 aromatic heterocycles. The zero-order valence-electron chi connectivity index (χ0n) is 11.0. The van der Waals surface area contributed by atoms with Crippen molar-refractivity contribution in [1.29, 1.82) is 0 Å². The maximum atomic E-state index is 10.8. The summed E-state index contributed by atoms with van der Waals surface area (Å²) in [5, 5.41) is 18.8. The third-order valence-corrected chi connectivity index (χ3v) is 2.80. The number of benzene rings is 1. The summed E-state index contributed by atoms with van der Waals surface area (Å²) in [5.41, 5.74) is 7.47. The van der Waals surface area contributed by atoms with E-state index in [4.69, 9.17) is 5.73 Å². The summed E-state index contributed by atoms with van der Waals surface area (Å²) in [6.07, 6.45) is 1.69. The minimum absolute atomic E-state index is 0.0182. The Morgan fingerprint density at radius 2 is 2.11 bits per heavy atom. The van der Waals surface area contributed by atoms with E-state index in [1.807, 2.05) is 20.8 Å². The van der Waals surface area contributed by atoms with Gasteiger partial charge < -0.3 is 5.73 Å². The molecule has 0 aliphatic heterocycles. The van der Waals surface area contributed by atoms with Crippen molar-refractivity contribution in [2.45, 2.75) is 26.3 Å². The predicted octanol–water partition coefficient (Wildman–Crippen LogP) is 1.68. The lowest BCUT2D eigenvalue weighted by Crippen LogP contribution is -2.29. The molecule has 1 heterocycles. The molecule has 7 heteroatoms. The lowest BCUT2D eigenvalue weighted by Gasteiger charge is -2.13. The van der Waals surface area contributed by atoms with Crippen LogP contribution >= 0.6 is 0 Å². The van der Waals surface area contributed by atoms with Crippen molar-refractivity contribution in [3.8, 4) is 5.69 Å². The van der Waals surface area contributed by atoms with Gasteiger partial charge in [-0.2, -0.15) is 0 Å². The van der Waals surface area contributed by atoms with Crippen LogP contribution in [0.2, 0.25) is 0 Å². The molecule has 0 radical (unpaired) electrons. The van der Waals surface area contributed by atoms with Crippen molar-refractivity contribution >= 4 is 5.69 Å². The number of nitrogens with zero attached hydrogens (tertiary/aromatic N) is 4. The van der Waals surface area contributed by atoms with E-state index in [1.54, 1.807) is 12.3 Å². The molecule has 7 nitrogen and oxygen atoms in total. The monoisotopic (exact) mass is 261 g/mol. The summed E-state index contributed by atoms with van der Waals surface area (Å²) in [6.45, 7) is 5.50. The quantitative estimate of drug-likeness (QED) is 0.669. The molecule has 0 amide bonds. The molecule has 2 N–H and O–H groups in total. The molecule has 0 atom stereocenters. The van der Waals surface area contributed by atoms with Gasteiger partial charge in [0.2, 0.25) is 0 Å². The fourth-order valence-electron chi connectivity index (χ4n) is 1.63. The van der Waals surface area contributed by atoms with E-state index in [0.29, 0.717) is 11.4 Å². The lowest BCUT2D eigenvalue weighted by atomic mass is 10.0. The first-order valence-electron chi connectivity index (χ1n) is 5.76. The minimum atomic E-state index is -0.604. The Balaban J connectivity index is 2.49. The fourth-order valence-corrected chi connectivity index (χ4v) is 1.63. The van der Waals surface area contributed by atoms with Crippen molar-refractivity contribution in [3.63, 3.8) is 0 Å². The van der Waals surface area contributed by atoms with Crippen LogP contribution in [0.4, 0.5) is 5.69 Å². The van der Waals surface area contributed by atoms with Gasteiger partial charge in [0.25, 0.3) is 5.69 Å². The maximum absolute atomic E-state index is 10.8. The average Bonchev–Trinajstić information content (AvgIpc) is 2.78. The zero-order valence-corrected chi connectivity index (χ0v) is 11.0. The Morgan fingerprint density at radius 1 is 1.42 bits per heavy atom. The second-order valence-corrected chi connectivity index (χ2v) is 5.00. The zero-order chi connectivity index (χ0) is 14.2. The average molecular weight is 261 g/mol. The summed E-state index contributed by atoms with van der Waals surface area (Å²) < 4.78 is 1.51. The topological polar surface area (TPSA) is 99.9 Å². The first kappa shape index (κ1) is 13.2. The van der Waals surface area contributed by atoms with Crippen LogP contribution < -0.4 is 5.73 Å². The van der Waals surface area contributed by atoms with Crippen LogP contribution in [0.3, 0.4) is 0 Å². The molecule has 2 rings (SSSR count). The number of non-ortho nitro benzene ring substituents is 1. The highest BCUT2D eigenvalue weighted by molar-refractivity contribution is 5.48. The lowest BCUT2D eigenvalue weighted by molar-refractivity contribution is -0.384. The van der Waals surface area contributed by atoms with Gasteiger partial charge in [0.15, 0.2) is 0 Å². The maximum Gasteiger partial charge on any atom is 0.271 e. The van der Waals surface area contributed by atoms with Gasteiger partial charge >= 0.3 is 0 Å². The molecular formula is C12H15N5O2. The standard InChI is InChI=1S/C12H15N5O2/c1-8-4-5-9(17(18)19)6-10(8)16-7-11(14-15-16)12(2,3)13/h4-7H,13H2,1-3H3. The number of aromatic nitrogens is 3. The first-order chi connectivity index (χ1) is 8.79. The van der Waals surface area contributed by atoms with Crippen LogP contribution in [0.15, 0.2) is 24.4 Å². The van der Waals surface area contributed by atoms with Crippen molar-refractivity contribution in [2.24, 2.45) is 5.73 Å². The summed E-state index contributed by atoms with van der Waals surface area (Å²) >= 11 is 0. The largest absolute Gasteiger partial charge is 0.320 e. The highest BCUT2D eigenvalue weighted by Crippen LogP contribution is 2.22. The Bertz CT molecular complexity index is 627. The van der Waals surface area contributed by atoms with Gasteiger partial charge in [-0.25, -0.2) is 4.68 Å². The molecule has 0 saturated heterocycles. The Hall–Kier alpha value is -2.28. The number of rotatable bonds is 3. The van der Waals surface area contributed by atoms with Crippen molar-refractivity contribution in [2.75, 3.05) is 0 Å². The van der Waals surface area contributed by atoms with E-state index >= 15 is 0 Å². The number of nitro benzene ring substituents is 1. The highest BCUT2D eigenvalue weighted by atomic mass is 16.6. The Kier molecular flexibility index (Phi) is 3.07. The van der Waals surface area contributed by atoms with Gasteiger partial charge in [-0.05, 0) is 26.3 Å². The molecule has 0 aliphatic carbocycles. The summed E-state index contributed by atoms with van der Waals surface area (Å²) in [5.74, 6) is 0. The van der Waals surface area contributed by atoms with E-state index in [1.165, 1.54) is 16.8 Å². The van der Waals surface area contributed by atoms with Gasteiger partial charge in [0.05, 0.1) is 22.3 Å². The van der Waals surface area contributed by atoms with E-state index in [2.05, 4.69) is 10.3 Å². The van der Waals surface area contributed by atoms with Crippen LogP contribution in [0.25, 0.3) is 5.69 Å². The van der Waals surface area contributed by atoms with Gasteiger partial charge in [0, 0.05) is 12.1 Å². The van der Waals surface area contributed by atoms with Gasteiger partial charge in [-0.3, -0.25) is 10.1 Å². The number of nitrogens with two attached hydrogens (primary N) is 1. The first-order valence-corrected chi connectivity index (χ1v) is 5.76. The van der Waals surface area contributed by atoms with Crippen molar-refractivity contribution < 1.29 is 4.92 Å². The number of hydrogen-bond acceptors (Lipinski definition) is 5. The second-order valence-electron chi connectivity index (χ2n) is 5.00. The van der Waals surface area contributed by atoms with E-state index in [9.17, 15) is 10.1 Å². The summed E-state index contributed by atoms with van der Waals surface area (Å²) in [6, 6.07) is 4.61. The molecule has 0 aliphatic rings. The fraction of sp³-hybridized carbons (Fsp3) is 0.333. The molecule has 0 unspecified atom stereocenters. The molecule has 1 aromatic carbocycles. The smallest absolute Gasteiger partial charge is 0.271 e. The minimum Gasteiger partial charge on any atom is -0.320 e. The van der Waals surface area contributed by atoms with Crippen molar-refractivity contribution in [1.82, 2.24) is 15.0 Å².